The maximum Gasteiger partial charge on any atom is 0.239 e. The summed E-state index contributed by atoms with van der Waals surface area (Å²) in [5.41, 5.74) is 0. The van der Waals surface area contributed by atoms with Gasteiger partial charge >= 0.3 is 0 Å². The number of rotatable bonds is 2. The summed E-state index contributed by atoms with van der Waals surface area (Å²) in [5.74, 6) is 2.73. The minimum Gasteiger partial charge on any atom is -0.341 e. The summed E-state index contributed by atoms with van der Waals surface area (Å²) < 4.78 is 0. The summed E-state index contributed by atoms with van der Waals surface area (Å²) in [4.78, 5) is 14.3. The van der Waals surface area contributed by atoms with Crippen molar-refractivity contribution in [2.24, 2.45) is 0 Å². The molecule has 2 aliphatic rings. The normalized spacial score (nSPS) is 27.7. The number of likely N-dealkylation sites (N-methyl/N-ethyl adjacent to an activating group) is 1. The molecule has 0 unspecified atom stereocenters. The molecule has 0 radical (unpaired) electrons. The van der Waals surface area contributed by atoms with Crippen LogP contribution in [0.15, 0.2) is 0 Å². The summed E-state index contributed by atoms with van der Waals surface area (Å²) in [6, 6.07) is 0.575. The van der Waals surface area contributed by atoms with E-state index in [1.54, 1.807) is 0 Å². The third-order valence-electron chi connectivity index (χ3n) is 3.69. The van der Waals surface area contributed by atoms with Crippen molar-refractivity contribution in [1.82, 2.24) is 10.2 Å². The lowest BCUT2D eigenvalue weighted by atomic mass is 10.0. The van der Waals surface area contributed by atoms with Gasteiger partial charge in [0.15, 0.2) is 0 Å². The zero-order valence-corrected chi connectivity index (χ0v) is 10.9. The van der Waals surface area contributed by atoms with Gasteiger partial charge in [-0.25, -0.2) is 0 Å². The van der Waals surface area contributed by atoms with Crippen molar-refractivity contribution < 1.29 is 4.79 Å². The van der Waals surface area contributed by atoms with Crippen molar-refractivity contribution in [2.75, 3.05) is 25.1 Å². The molecule has 0 aromatic carbocycles. The van der Waals surface area contributed by atoms with Crippen molar-refractivity contribution in [3.63, 3.8) is 0 Å². The first-order valence-corrected chi connectivity index (χ1v) is 7.52. The van der Waals surface area contributed by atoms with Gasteiger partial charge in [-0.2, -0.15) is 11.8 Å². The van der Waals surface area contributed by atoms with E-state index in [1.165, 1.54) is 37.2 Å². The van der Waals surface area contributed by atoms with E-state index in [4.69, 9.17) is 0 Å². The quantitative estimate of drug-likeness (QED) is 0.796. The Bertz CT molecular complexity index is 235. The standard InChI is InChI=1S/C12H22N2OS/c1-14(10-5-8-16-9-6-10)12(15)11-4-2-3-7-13-11/h10-11,13H,2-9H2,1H3/t11-/m0/s1. The maximum absolute atomic E-state index is 12.3. The minimum absolute atomic E-state index is 0.0910. The monoisotopic (exact) mass is 242 g/mol. The fraction of sp³-hybridized carbons (Fsp3) is 0.917. The first-order valence-electron chi connectivity index (χ1n) is 6.37. The van der Waals surface area contributed by atoms with Crippen LogP contribution in [0.4, 0.5) is 0 Å². The Morgan fingerprint density at radius 2 is 2.00 bits per heavy atom. The molecule has 0 aliphatic carbocycles. The van der Waals surface area contributed by atoms with Gasteiger partial charge in [-0.3, -0.25) is 4.79 Å². The van der Waals surface area contributed by atoms with Crippen LogP contribution in [0.5, 0.6) is 0 Å². The number of hydrogen-bond acceptors (Lipinski definition) is 3. The average Bonchev–Trinajstić information content (AvgIpc) is 2.39. The lowest BCUT2D eigenvalue weighted by Gasteiger charge is -2.34. The number of amides is 1. The van der Waals surface area contributed by atoms with Crippen LogP contribution in [-0.4, -0.2) is 48.0 Å². The second-order valence-electron chi connectivity index (χ2n) is 4.80. The molecule has 0 spiro atoms. The zero-order chi connectivity index (χ0) is 11.4. The number of carbonyl (C=O) groups is 1. The summed E-state index contributed by atoms with van der Waals surface area (Å²) in [7, 11) is 1.99. The van der Waals surface area contributed by atoms with E-state index in [2.05, 4.69) is 5.32 Å². The van der Waals surface area contributed by atoms with E-state index in [1.807, 2.05) is 23.7 Å². The van der Waals surface area contributed by atoms with E-state index < -0.39 is 0 Å². The number of thioether (sulfide) groups is 1. The van der Waals surface area contributed by atoms with Gasteiger partial charge in [0.2, 0.25) is 5.91 Å². The van der Waals surface area contributed by atoms with Gasteiger partial charge in [0.05, 0.1) is 6.04 Å². The Kier molecular flexibility index (Phi) is 4.53. The highest BCUT2D eigenvalue weighted by atomic mass is 32.2. The predicted molar refractivity (Wildman–Crippen MR) is 68.8 cm³/mol. The Morgan fingerprint density at radius 1 is 1.25 bits per heavy atom. The van der Waals surface area contributed by atoms with Crippen LogP contribution in [0.1, 0.15) is 32.1 Å². The van der Waals surface area contributed by atoms with Gasteiger partial charge in [-0.15, -0.1) is 0 Å². The lowest BCUT2D eigenvalue weighted by Crippen LogP contribution is -2.51. The molecular formula is C12H22N2OS. The van der Waals surface area contributed by atoms with Crippen LogP contribution < -0.4 is 5.32 Å². The van der Waals surface area contributed by atoms with Gasteiger partial charge < -0.3 is 10.2 Å². The highest BCUT2D eigenvalue weighted by Crippen LogP contribution is 2.22. The van der Waals surface area contributed by atoms with Gasteiger partial charge in [0, 0.05) is 13.1 Å². The molecule has 0 saturated carbocycles. The van der Waals surface area contributed by atoms with Crippen LogP contribution in [0.25, 0.3) is 0 Å². The van der Waals surface area contributed by atoms with Crippen LogP contribution in [-0.2, 0) is 4.79 Å². The molecule has 2 heterocycles. The molecule has 0 aromatic heterocycles. The molecule has 0 bridgehead atoms. The predicted octanol–water partition coefficient (Wildman–Crippen LogP) is 1.48. The maximum atomic E-state index is 12.3. The number of carbonyl (C=O) groups excluding carboxylic acids is 1. The molecule has 2 rings (SSSR count). The molecule has 2 fully saturated rings. The molecule has 92 valence electrons. The molecule has 4 heteroatoms. The Morgan fingerprint density at radius 3 is 2.62 bits per heavy atom. The Hall–Kier alpha value is -0.220. The van der Waals surface area contributed by atoms with E-state index in [0.717, 1.165) is 13.0 Å². The number of nitrogens with one attached hydrogen (secondary N) is 1. The first kappa shape index (κ1) is 12.2. The van der Waals surface area contributed by atoms with Crippen molar-refractivity contribution in [1.29, 1.82) is 0 Å². The SMILES string of the molecule is CN(C(=O)[C@@H]1CCCCN1)C1CCSCC1. The highest BCUT2D eigenvalue weighted by Gasteiger charge is 2.28. The summed E-state index contributed by atoms with van der Waals surface area (Å²) in [5, 5.41) is 3.34. The van der Waals surface area contributed by atoms with E-state index in [0.29, 0.717) is 11.9 Å². The molecule has 16 heavy (non-hydrogen) atoms. The molecule has 0 aromatic rings. The third-order valence-corrected chi connectivity index (χ3v) is 4.74. The second kappa shape index (κ2) is 5.92. The Labute approximate surface area is 102 Å². The largest absolute Gasteiger partial charge is 0.341 e. The van der Waals surface area contributed by atoms with Crippen molar-refractivity contribution in [3.8, 4) is 0 Å². The molecule has 1 atom stereocenters. The van der Waals surface area contributed by atoms with E-state index in [-0.39, 0.29) is 6.04 Å². The fourth-order valence-electron chi connectivity index (χ4n) is 2.56. The molecule has 3 nitrogen and oxygen atoms in total. The molecular weight excluding hydrogens is 220 g/mol. The van der Waals surface area contributed by atoms with Crippen molar-refractivity contribution in [2.45, 2.75) is 44.2 Å². The molecule has 2 aliphatic heterocycles. The van der Waals surface area contributed by atoms with E-state index in [9.17, 15) is 4.79 Å². The lowest BCUT2D eigenvalue weighted by molar-refractivity contribution is -0.135. The fourth-order valence-corrected chi connectivity index (χ4v) is 3.64. The zero-order valence-electron chi connectivity index (χ0n) is 10.1. The molecule has 1 N–H and O–H groups in total. The number of piperidine rings is 1. The first-order chi connectivity index (χ1) is 7.79. The minimum atomic E-state index is 0.0910. The van der Waals surface area contributed by atoms with Gasteiger partial charge in [0.1, 0.15) is 0 Å². The third kappa shape index (κ3) is 2.92. The molecule has 2 saturated heterocycles. The second-order valence-corrected chi connectivity index (χ2v) is 6.02. The summed E-state index contributed by atoms with van der Waals surface area (Å²) in [6.07, 6.45) is 5.76. The number of hydrogen-bond donors (Lipinski definition) is 1. The summed E-state index contributed by atoms with van der Waals surface area (Å²) in [6.45, 7) is 1.00. The average molecular weight is 242 g/mol. The number of nitrogens with zero attached hydrogens (tertiary/aromatic N) is 1. The van der Waals surface area contributed by atoms with Crippen LogP contribution >= 0.6 is 11.8 Å². The Balaban J connectivity index is 1.86. The van der Waals surface area contributed by atoms with Gasteiger partial charge in [-0.05, 0) is 43.7 Å². The van der Waals surface area contributed by atoms with E-state index >= 15 is 0 Å². The smallest absolute Gasteiger partial charge is 0.239 e. The van der Waals surface area contributed by atoms with Gasteiger partial charge in [0.25, 0.3) is 0 Å². The topological polar surface area (TPSA) is 32.3 Å². The van der Waals surface area contributed by atoms with Crippen LogP contribution in [0, 0.1) is 0 Å². The highest BCUT2D eigenvalue weighted by molar-refractivity contribution is 7.99. The van der Waals surface area contributed by atoms with Crippen molar-refractivity contribution in [3.05, 3.63) is 0 Å². The van der Waals surface area contributed by atoms with Crippen LogP contribution in [0.2, 0.25) is 0 Å². The van der Waals surface area contributed by atoms with Crippen molar-refractivity contribution >= 4 is 17.7 Å². The van der Waals surface area contributed by atoms with Gasteiger partial charge in [-0.1, -0.05) is 6.42 Å². The summed E-state index contributed by atoms with van der Waals surface area (Å²) >= 11 is 2.01. The van der Waals surface area contributed by atoms with Crippen LogP contribution in [0.3, 0.4) is 0 Å². The molecule has 1 amide bonds.